The fourth-order valence-corrected chi connectivity index (χ4v) is 8.29. The number of nitrogens with one attached hydrogen (secondary N) is 1. The molecule has 2 bridgehead atoms. The maximum absolute atomic E-state index is 12.2. The topological polar surface area (TPSA) is 68.4 Å². The summed E-state index contributed by atoms with van der Waals surface area (Å²) in [6.45, 7) is 2.04. The average Bonchev–Trinajstić information content (AvgIpc) is 3.39. The standard InChI is InChI=1S/C21H23NO4S2/c1-2-25-15(23)10-26-14-6-4-3-5-13(14)17-16-11-7-8-12(9-11)18(16)27-20-19(17)28-21(24)22-20/h3-6,11-12,16-18H,2,7-10H2,1H3,(H,22,24)/t11-,12-,16-,17+,18+/m1/s1. The van der Waals surface area contributed by atoms with E-state index >= 15 is 0 Å². The Morgan fingerprint density at radius 1 is 1.25 bits per heavy atom. The molecule has 2 saturated carbocycles. The van der Waals surface area contributed by atoms with Crippen LogP contribution in [0.15, 0.2) is 34.1 Å². The van der Waals surface area contributed by atoms with Crippen molar-refractivity contribution in [1.82, 2.24) is 4.98 Å². The molecular weight excluding hydrogens is 394 g/mol. The van der Waals surface area contributed by atoms with Gasteiger partial charge >= 0.3 is 10.8 Å². The number of H-pyrrole nitrogens is 1. The van der Waals surface area contributed by atoms with Gasteiger partial charge < -0.3 is 14.5 Å². The summed E-state index contributed by atoms with van der Waals surface area (Å²) in [5.74, 6) is 2.48. The molecule has 5 nitrogen and oxygen atoms in total. The lowest BCUT2D eigenvalue weighted by molar-refractivity contribution is -0.145. The second kappa shape index (κ2) is 7.26. The van der Waals surface area contributed by atoms with Crippen molar-refractivity contribution < 1.29 is 14.3 Å². The number of carbonyl (C=O) groups excluding carboxylic acids is 1. The van der Waals surface area contributed by atoms with Gasteiger partial charge in [-0.2, -0.15) is 0 Å². The molecule has 0 unspecified atom stereocenters. The summed E-state index contributed by atoms with van der Waals surface area (Å²) >= 11 is 3.21. The van der Waals surface area contributed by atoms with Crippen molar-refractivity contribution in [2.45, 2.75) is 42.4 Å². The second-order valence-electron chi connectivity index (χ2n) is 7.81. The number of aromatic amines is 1. The molecule has 5 rings (SSSR count). The highest BCUT2D eigenvalue weighted by molar-refractivity contribution is 8.00. The van der Waals surface area contributed by atoms with Gasteiger partial charge in [-0.05, 0) is 50.0 Å². The van der Waals surface area contributed by atoms with Gasteiger partial charge in [-0.3, -0.25) is 4.79 Å². The molecule has 0 spiro atoms. The molecule has 2 aromatic rings. The van der Waals surface area contributed by atoms with E-state index in [2.05, 4.69) is 11.1 Å². The Labute approximate surface area is 171 Å². The number of benzene rings is 1. The highest BCUT2D eigenvalue weighted by Crippen LogP contribution is 2.64. The predicted octanol–water partition coefficient (Wildman–Crippen LogP) is 4.03. The molecule has 0 amide bonds. The average molecular weight is 418 g/mol. The fourth-order valence-electron chi connectivity index (χ4n) is 5.41. The molecule has 28 heavy (non-hydrogen) atoms. The first-order valence-electron chi connectivity index (χ1n) is 9.92. The number of para-hydroxylation sites is 1. The molecule has 7 heteroatoms. The number of hydrogen-bond donors (Lipinski definition) is 1. The predicted molar refractivity (Wildman–Crippen MR) is 109 cm³/mol. The van der Waals surface area contributed by atoms with Crippen LogP contribution in [-0.4, -0.2) is 29.4 Å². The molecule has 2 fully saturated rings. The van der Waals surface area contributed by atoms with Crippen molar-refractivity contribution in [1.29, 1.82) is 0 Å². The van der Waals surface area contributed by atoms with E-state index in [9.17, 15) is 9.59 Å². The number of esters is 1. The van der Waals surface area contributed by atoms with Crippen LogP contribution in [0.4, 0.5) is 0 Å². The Balaban J connectivity index is 1.54. The van der Waals surface area contributed by atoms with Crippen molar-refractivity contribution >= 4 is 29.1 Å². The molecule has 2 aliphatic carbocycles. The van der Waals surface area contributed by atoms with Crippen molar-refractivity contribution in [3.8, 4) is 5.75 Å². The van der Waals surface area contributed by atoms with E-state index in [1.807, 2.05) is 30.0 Å². The lowest BCUT2D eigenvalue weighted by atomic mass is 9.74. The van der Waals surface area contributed by atoms with Gasteiger partial charge in [0.1, 0.15) is 5.75 Å². The van der Waals surface area contributed by atoms with E-state index in [0.717, 1.165) is 27.1 Å². The number of hydrogen-bond acceptors (Lipinski definition) is 6. The summed E-state index contributed by atoms with van der Waals surface area (Å²) in [5, 5.41) is 1.59. The van der Waals surface area contributed by atoms with Gasteiger partial charge in [-0.25, -0.2) is 4.79 Å². The molecule has 0 saturated heterocycles. The molecule has 3 aliphatic rings. The molecule has 1 aromatic carbocycles. The highest BCUT2D eigenvalue weighted by Gasteiger charge is 2.55. The third-order valence-electron chi connectivity index (χ3n) is 6.37. The van der Waals surface area contributed by atoms with Gasteiger partial charge in [0.2, 0.25) is 0 Å². The van der Waals surface area contributed by atoms with Gasteiger partial charge in [0, 0.05) is 21.6 Å². The van der Waals surface area contributed by atoms with Gasteiger partial charge in [-0.1, -0.05) is 29.5 Å². The minimum Gasteiger partial charge on any atom is -0.482 e. The molecule has 148 valence electrons. The molecule has 2 heterocycles. The van der Waals surface area contributed by atoms with Gasteiger partial charge in [0.25, 0.3) is 0 Å². The van der Waals surface area contributed by atoms with E-state index in [4.69, 9.17) is 9.47 Å². The van der Waals surface area contributed by atoms with Gasteiger partial charge in [0.05, 0.1) is 11.6 Å². The number of rotatable bonds is 5. The van der Waals surface area contributed by atoms with Crippen LogP contribution in [0.3, 0.4) is 0 Å². The lowest BCUT2D eigenvalue weighted by Gasteiger charge is -2.40. The number of thioether (sulfide) groups is 1. The molecular formula is C21H23NO4S2. The van der Waals surface area contributed by atoms with Crippen LogP contribution in [0, 0.1) is 17.8 Å². The Kier molecular flexibility index (Phi) is 4.75. The lowest BCUT2D eigenvalue weighted by Crippen LogP contribution is -2.34. The maximum Gasteiger partial charge on any atom is 0.344 e. The second-order valence-corrected chi connectivity index (χ2v) is 10.0. The minimum absolute atomic E-state index is 0.0137. The van der Waals surface area contributed by atoms with Crippen LogP contribution in [0.5, 0.6) is 5.75 Å². The van der Waals surface area contributed by atoms with E-state index in [1.165, 1.54) is 30.6 Å². The third-order valence-corrected chi connectivity index (χ3v) is 8.99. The van der Waals surface area contributed by atoms with Crippen molar-refractivity contribution in [3.05, 3.63) is 44.4 Å². The van der Waals surface area contributed by atoms with Crippen molar-refractivity contribution in [2.75, 3.05) is 13.2 Å². The number of ether oxygens (including phenoxy) is 2. The monoisotopic (exact) mass is 417 g/mol. The van der Waals surface area contributed by atoms with E-state index in [-0.39, 0.29) is 23.4 Å². The Bertz CT molecular complexity index is 952. The number of fused-ring (bicyclic) bond motifs is 6. The quantitative estimate of drug-likeness (QED) is 0.744. The summed E-state index contributed by atoms with van der Waals surface area (Å²) in [6.07, 6.45) is 3.88. The first-order chi connectivity index (χ1) is 13.7. The van der Waals surface area contributed by atoms with Crippen LogP contribution in [-0.2, 0) is 9.53 Å². The fraction of sp³-hybridized carbons (Fsp3) is 0.524. The Morgan fingerprint density at radius 3 is 2.93 bits per heavy atom. The van der Waals surface area contributed by atoms with Crippen LogP contribution >= 0.6 is 23.1 Å². The molecule has 1 N–H and O–H groups in total. The zero-order chi connectivity index (χ0) is 19.3. The number of thiazole rings is 1. The van der Waals surface area contributed by atoms with Crippen molar-refractivity contribution in [2.24, 2.45) is 17.8 Å². The molecule has 1 aliphatic heterocycles. The molecule has 5 atom stereocenters. The molecule has 0 radical (unpaired) electrons. The van der Waals surface area contributed by atoms with Gasteiger partial charge in [0.15, 0.2) is 6.61 Å². The maximum atomic E-state index is 12.2. The summed E-state index contributed by atoms with van der Waals surface area (Å²) in [7, 11) is 0. The van der Waals surface area contributed by atoms with Crippen LogP contribution in [0.2, 0.25) is 0 Å². The summed E-state index contributed by atoms with van der Waals surface area (Å²) < 4.78 is 10.9. The zero-order valence-corrected chi connectivity index (χ0v) is 17.3. The SMILES string of the molecule is CCOC(=O)COc1ccccc1[C@@H]1c2sc(=O)[nH]c2S[C@H]2[C@@H]3CC[C@H](C3)[C@H]12. The number of aromatic nitrogens is 1. The van der Waals surface area contributed by atoms with Crippen LogP contribution < -0.4 is 9.61 Å². The Hall–Kier alpha value is -1.73. The minimum atomic E-state index is -0.360. The van der Waals surface area contributed by atoms with Crippen molar-refractivity contribution in [3.63, 3.8) is 0 Å². The summed E-state index contributed by atoms with van der Waals surface area (Å²) in [5.41, 5.74) is 1.09. The third kappa shape index (κ3) is 2.99. The summed E-state index contributed by atoms with van der Waals surface area (Å²) in [4.78, 5) is 28.2. The van der Waals surface area contributed by atoms with E-state index in [0.29, 0.717) is 23.7 Å². The summed E-state index contributed by atoms with van der Waals surface area (Å²) in [6, 6.07) is 7.97. The highest BCUT2D eigenvalue weighted by atomic mass is 32.2. The molecule has 1 aromatic heterocycles. The normalized spacial score (nSPS) is 30.0. The van der Waals surface area contributed by atoms with Crippen LogP contribution in [0.25, 0.3) is 0 Å². The zero-order valence-electron chi connectivity index (χ0n) is 15.7. The van der Waals surface area contributed by atoms with Crippen LogP contribution in [0.1, 0.15) is 42.5 Å². The van der Waals surface area contributed by atoms with Gasteiger partial charge in [-0.15, -0.1) is 11.8 Å². The Morgan fingerprint density at radius 2 is 2.07 bits per heavy atom. The van der Waals surface area contributed by atoms with E-state index < -0.39 is 0 Å². The smallest absolute Gasteiger partial charge is 0.344 e. The largest absolute Gasteiger partial charge is 0.482 e. The first-order valence-corrected chi connectivity index (χ1v) is 11.6. The number of carbonyl (C=O) groups is 1. The first kappa shape index (κ1) is 18.3. The van der Waals surface area contributed by atoms with E-state index in [1.54, 1.807) is 6.92 Å².